The Balaban J connectivity index is 1.68. The van der Waals surface area contributed by atoms with Crippen LogP contribution in [0.4, 0.5) is 5.69 Å². The Morgan fingerprint density at radius 1 is 1.21 bits per heavy atom. The molecule has 0 spiro atoms. The summed E-state index contributed by atoms with van der Waals surface area (Å²) in [5.74, 6) is 1.21. The average Bonchev–Trinajstić information content (AvgIpc) is 3.11. The lowest BCUT2D eigenvalue weighted by molar-refractivity contribution is -0.117. The van der Waals surface area contributed by atoms with E-state index in [0.717, 1.165) is 33.1 Å². The van der Waals surface area contributed by atoms with E-state index in [9.17, 15) is 4.79 Å². The van der Waals surface area contributed by atoms with Crippen molar-refractivity contribution in [2.24, 2.45) is 7.05 Å². The van der Waals surface area contributed by atoms with Crippen molar-refractivity contribution in [3.05, 3.63) is 58.9 Å². The van der Waals surface area contributed by atoms with Crippen LogP contribution < -0.4 is 4.90 Å². The number of anilines is 1. The molecule has 0 aliphatic carbocycles. The van der Waals surface area contributed by atoms with Crippen LogP contribution in [0.5, 0.6) is 0 Å². The van der Waals surface area contributed by atoms with E-state index in [1.165, 1.54) is 0 Å². The number of benzene rings is 2. The summed E-state index contributed by atoms with van der Waals surface area (Å²) in [7, 11) is 2.02. The van der Waals surface area contributed by atoms with Gasteiger partial charge in [-0.25, -0.2) is 4.98 Å². The molecule has 4 rings (SSSR count). The molecule has 2 heterocycles. The normalized spacial score (nSPS) is 17.9. The van der Waals surface area contributed by atoms with E-state index in [-0.39, 0.29) is 11.8 Å². The molecule has 0 unspecified atom stereocenters. The van der Waals surface area contributed by atoms with Gasteiger partial charge < -0.3 is 9.47 Å². The summed E-state index contributed by atoms with van der Waals surface area (Å²) < 4.78 is 2.10. The fourth-order valence-electron chi connectivity index (χ4n) is 3.46. The summed E-state index contributed by atoms with van der Waals surface area (Å²) in [6.45, 7) is 2.60. The first-order valence-electron chi connectivity index (χ1n) is 8.02. The van der Waals surface area contributed by atoms with Crippen LogP contribution in [0.15, 0.2) is 42.5 Å². The first-order chi connectivity index (χ1) is 11.5. The average molecular weight is 340 g/mol. The highest BCUT2D eigenvalue weighted by atomic mass is 35.5. The molecule has 5 heteroatoms. The van der Waals surface area contributed by atoms with Gasteiger partial charge in [0.2, 0.25) is 5.91 Å². The third-order valence-corrected chi connectivity index (χ3v) is 5.19. The predicted octanol–water partition coefficient (Wildman–Crippen LogP) is 4.06. The molecule has 1 aromatic heterocycles. The molecule has 3 aromatic rings. The van der Waals surface area contributed by atoms with Gasteiger partial charge in [0.15, 0.2) is 0 Å². The number of carbonyl (C=O) groups is 1. The van der Waals surface area contributed by atoms with E-state index in [2.05, 4.69) is 10.6 Å². The topological polar surface area (TPSA) is 38.1 Å². The summed E-state index contributed by atoms with van der Waals surface area (Å²) in [5.41, 5.74) is 3.96. The number of amides is 1. The summed E-state index contributed by atoms with van der Waals surface area (Å²) in [4.78, 5) is 19.1. The van der Waals surface area contributed by atoms with Gasteiger partial charge in [0.1, 0.15) is 5.82 Å². The van der Waals surface area contributed by atoms with Gasteiger partial charge in [-0.3, -0.25) is 4.79 Å². The molecule has 0 radical (unpaired) electrons. The second-order valence-electron chi connectivity index (χ2n) is 6.36. The highest BCUT2D eigenvalue weighted by molar-refractivity contribution is 6.31. The third-order valence-electron chi connectivity index (χ3n) is 4.77. The fourth-order valence-corrected chi connectivity index (χ4v) is 3.57. The van der Waals surface area contributed by atoms with Gasteiger partial charge in [0.25, 0.3) is 0 Å². The third kappa shape index (κ3) is 2.38. The van der Waals surface area contributed by atoms with Crippen molar-refractivity contribution in [1.29, 1.82) is 0 Å². The van der Waals surface area contributed by atoms with Gasteiger partial charge in [0.05, 0.1) is 11.0 Å². The maximum absolute atomic E-state index is 12.5. The van der Waals surface area contributed by atoms with Crippen molar-refractivity contribution < 1.29 is 4.79 Å². The Labute approximate surface area is 145 Å². The van der Waals surface area contributed by atoms with Crippen LogP contribution in [0.25, 0.3) is 11.0 Å². The molecule has 0 N–H and O–H groups in total. The van der Waals surface area contributed by atoms with Crippen molar-refractivity contribution in [3.63, 3.8) is 0 Å². The van der Waals surface area contributed by atoms with Gasteiger partial charge in [-0.1, -0.05) is 23.7 Å². The molecule has 1 saturated heterocycles. The van der Waals surface area contributed by atoms with Gasteiger partial charge in [-0.05, 0) is 42.8 Å². The predicted molar refractivity (Wildman–Crippen MR) is 96.6 cm³/mol. The van der Waals surface area contributed by atoms with Crippen molar-refractivity contribution in [2.45, 2.75) is 19.3 Å². The van der Waals surface area contributed by atoms with Crippen molar-refractivity contribution >= 4 is 34.2 Å². The number of hydrogen-bond donors (Lipinski definition) is 0. The summed E-state index contributed by atoms with van der Waals surface area (Å²) in [5, 5.41) is 0.720. The van der Waals surface area contributed by atoms with Gasteiger partial charge in [-0.15, -0.1) is 0 Å². The molecule has 1 atom stereocenters. The highest BCUT2D eigenvalue weighted by Crippen LogP contribution is 2.33. The molecule has 1 aliphatic heterocycles. The molecular weight excluding hydrogens is 322 g/mol. The number of halogens is 1. The van der Waals surface area contributed by atoms with Crippen LogP contribution >= 0.6 is 11.6 Å². The van der Waals surface area contributed by atoms with E-state index in [0.29, 0.717) is 13.0 Å². The first kappa shape index (κ1) is 15.2. The van der Waals surface area contributed by atoms with E-state index in [1.54, 1.807) is 0 Å². The number of rotatable bonds is 2. The molecule has 122 valence electrons. The number of fused-ring (bicyclic) bond motifs is 1. The second kappa shape index (κ2) is 5.64. The van der Waals surface area contributed by atoms with Crippen LogP contribution in [0.1, 0.15) is 23.7 Å². The Morgan fingerprint density at radius 3 is 2.75 bits per heavy atom. The number of carbonyl (C=O) groups excluding carboxylic acids is 1. The molecule has 1 amide bonds. The molecule has 0 bridgehead atoms. The number of hydrogen-bond acceptors (Lipinski definition) is 2. The van der Waals surface area contributed by atoms with Gasteiger partial charge >= 0.3 is 0 Å². The van der Waals surface area contributed by atoms with E-state index >= 15 is 0 Å². The van der Waals surface area contributed by atoms with Gasteiger partial charge in [0, 0.05) is 36.6 Å². The van der Waals surface area contributed by atoms with Crippen LogP contribution in [0, 0.1) is 6.92 Å². The monoisotopic (exact) mass is 339 g/mol. The van der Waals surface area contributed by atoms with Crippen LogP contribution in [-0.4, -0.2) is 22.0 Å². The standard InChI is InChI=1S/C19H18ClN3O/c1-12-9-14(7-8-15(12)20)23-11-13(10-18(23)24)19-21-16-5-3-4-6-17(16)22(19)2/h3-9,13H,10-11H2,1-2H3/t13-/m1/s1. The van der Waals surface area contributed by atoms with E-state index in [1.807, 2.05) is 55.3 Å². The number of aromatic nitrogens is 2. The number of imidazole rings is 1. The Morgan fingerprint density at radius 2 is 2.00 bits per heavy atom. The molecule has 24 heavy (non-hydrogen) atoms. The van der Waals surface area contributed by atoms with Gasteiger partial charge in [-0.2, -0.15) is 0 Å². The van der Waals surface area contributed by atoms with E-state index in [4.69, 9.17) is 16.6 Å². The zero-order valence-corrected chi connectivity index (χ0v) is 14.4. The molecule has 1 fully saturated rings. The minimum Gasteiger partial charge on any atom is -0.331 e. The molecular formula is C19H18ClN3O. The maximum Gasteiger partial charge on any atom is 0.227 e. The molecule has 0 saturated carbocycles. The highest BCUT2D eigenvalue weighted by Gasteiger charge is 2.34. The number of para-hydroxylation sites is 2. The van der Waals surface area contributed by atoms with Crippen LogP contribution in [0.3, 0.4) is 0 Å². The lowest BCUT2D eigenvalue weighted by Gasteiger charge is -2.17. The zero-order valence-electron chi connectivity index (χ0n) is 13.7. The minimum absolute atomic E-state index is 0.103. The summed E-state index contributed by atoms with van der Waals surface area (Å²) in [6, 6.07) is 13.8. The van der Waals surface area contributed by atoms with Crippen molar-refractivity contribution in [1.82, 2.24) is 9.55 Å². The quantitative estimate of drug-likeness (QED) is 0.706. The van der Waals surface area contributed by atoms with Crippen LogP contribution in [-0.2, 0) is 11.8 Å². The number of aryl methyl sites for hydroxylation is 2. The van der Waals surface area contributed by atoms with E-state index < -0.39 is 0 Å². The lowest BCUT2D eigenvalue weighted by atomic mass is 10.1. The van der Waals surface area contributed by atoms with Crippen molar-refractivity contribution in [3.8, 4) is 0 Å². The Kier molecular flexibility index (Phi) is 3.57. The smallest absolute Gasteiger partial charge is 0.227 e. The Hall–Kier alpha value is -2.33. The zero-order chi connectivity index (χ0) is 16.8. The SMILES string of the molecule is Cc1cc(N2C[C@H](c3nc4ccccc4n3C)CC2=O)ccc1Cl. The lowest BCUT2D eigenvalue weighted by Crippen LogP contribution is -2.24. The number of nitrogens with zero attached hydrogens (tertiary/aromatic N) is 3. The summed E-state index contributed by atoms with van der Waals surface area (Å²) in [6.07, 6.45) is 0.485. The molecule has 4 nitrogen and oxygen atoms in total. The second-order valence-corrected chi connectivity index (χ2v) is 6.76. The molecule has 2 aromatic carbocycles. The van der Waals surface area contributed by atoms with Crippen molar-refractivity contribution in [2.75, 3.05) is 11.4 Å². The first-order valence-corrected chi connectivity index (χ1v) is 8.40. The fraction of sp³-hybridized carbons (Fsp3) is 0.263. The summed E-state index contributed by atoms with van der Waals surface area (Å²) >= 11 is 6.10. The molecule has 1 aliphatic rings. The maximum atomic E-state index is 12.5. The van der Waals surface area contributed by atoms with Crippen LogP contribution in [0.2, 0.25) is 5.02 Å². The largest absolute Gasteiger partial charge is 0.331 e. The minimum atomic E-state index is 0.103. The Bertz CT molecular complexity index is 947.